The molecule has 17 heavy (non-hydrogen) atoms. The van der Waals surface area contributed by atoms with Gasteiger partial charge >= 0.3 is 5.97 Å². The number of aliphatic hydroxyl groups excluding tert-OH is 1. The predicted octanol–water partition coefficient (Wildman–Crippen LogP) is 1.17. The highest BCUT2D eigenvalue weighted by Gasteiger charge is 2.41. The van der Waals surface area contributed by atoms with E-state index in [1.165, 1.54) is 0 Å². The van der Waals surface area contributed by atoms with Crippen LogP contribution in [0.3, 0.4) is 0 Å². The van der Waals surface area contributed by atoms with E-state index in [1.54, 1.807) is 0 Å². The Kier molecular flexibility index (Phi) is 4.05. The van der Waals surface area contributed by atoms with Gasteiger partial charge in [-0.1, -0.05) is 6.92 Å². The molecule has 2 bridgehead atoms. The molecule has 0 unspecified atom stereocenters. The fraction of sp³-hybridized carbons (Fsp3) is 0.923. The summed E-state index contributed by atoms with van der Waals surface area (Å²) in [5.41, 5.74) is 0. The molecular formula is C13H23NO3. The molecule has 4 nitrogen and oxygen atoms in total. The molecule has 3 atom stereocenters. The number of esters is 1. The minimum Gasteiger partial charge on any atom is -0.466 e. The molecule has 1 N–H and O–H groups in total. The van der Waals surface area contributed by atoms with Crippen molar-refractivity contribution in [1.29, 1.82) is 0 Å². The van der Waals surface area contributed by atoms with Crippen molar-refractivity contribution < 1.29 is 14.6 Å². The van der Waals surface area contributed by atoms with Gasteiger partial charge in [-0.3, -0.25) is 9.69 Å². The van der Waals surface area contributed by atoms with E-state index in [-0.39, 0.29) is 18.0 Å². The van der Waals surface area contributed by atoms with Gasteiger partial charge in [-0.15, -0.1) is 0 Å². The van der Waals surface area contributed by atoms with Crippen LogP contribution in [-0.4, -0.2) is 47.3 Å². The van der Waals surface area contributed by atoms with Crippen LogP contribution >= 0.6 is 0 Å². The van der Waals surface area contributed by atoms with E-state index in [2.05, 4.69) is 4.90 Å². The summed E-state index contributed by atoms with van der Waals surface area (Å²) in [6.45, 7) is 5.00. The van der Waals surface area contributed by atoms with Crippen molar-refractivity contribution in [3.63, 3.8) is 0 Å². The van der Waals surface area contributed by atoms with E-state index < -0.39 is 0 Å². The van der Waals surface area contributed by atoms with Gasteiger partial charge in [-0.05, 0) is 32.6 Å². The maximum Gasteiger partial charge on any atom is 0.309 e. The first-order valence-corrected chi connectivity index (χ1v) is 6.72. The van der Waals surface area contributed by atoms with Crippen molar-refractivity contribution >= 4 is 5.97 Å². The number of rotatable bonds is 4. The standard InChI is InChI=1S/C13H23NO3/c1-3-17-13(16)9(2)8-14-10-4-5-11(14)7-12(15)6-10/h9-12,15H,3-8H2,1-2H3/t9-,10+,11+/m1/s1. The molecule has 0 saturated carbocycles. The lowest BCUT2D eigenvalue weighted by Crippen LogP contribution is -2.47. The first-order chi connectivity index (χ1) is 8.11. The Hall–Kier alpha value is -0.610. The summed E-state index contributed by atoms with van der Waals surface area (Å²) in [6.07, 6.45) is 3.92. The van der Waals surface area contributed by atoms with E-state index in [1.807, 2.05) is 13.8 Å². The minimum absolute atomic E-state index is 0.0618. The number of hydrogen-bond donors (Lipinski definition) is 1. The second kappa shape index (κ2) is 5.36. The highest BCUT2D eigenvalue weighted by molar-refractivity contribution is 5.72. The zero-order valence-electron chi connectivity index (χ0n) is 10.8. The summed E-state index contributed by atoms with van der Waals surface area (Å²) in [5.74, 6) is -0.161. The summed E-state index contributed by atoms with van der Waals surface area (Å²) in [4.78, 5) is 14.0. The quantitative estimate of drug-likeness (QED) is 0.751. The van der Waals surface area contributed by atoms with E-state index in [0.717, 1.165) is 32.2 Å². The third kappa shape index (κ3) is 2.80. The zero-order valence-corrected chi connectivity index (χ0v) is 10.8. The second-order valence-electron chi connectivity index (χ2n) is 5.36. The van der Waals surface area contributed by atoms with Gasteiger partial charge in [0, 0.05) is 18.6 Å². The first-order valence-electron chi connectivity index (χ1n) is 6.72. The van der Waals surface area contributed by atoms with E-state index in [4.69, 9.17) is 4.74 Å². The summed E-state index contributed by atoms with van der Waals surface area (Å²) in [6, 6.07) is 0.946. The largest absolute Gasteiger partial charge is 0.466 e. The molecule has 0 aliphatic carbocycles. The SMILES string of the molecule is CCOC(=O)[C@H](C)CN1[C@H]2CC[C@H]1CC(O)C2. The van der Waals surface area contributed by atoms with Crippen molar-refractivity contribution in [2.45, 2.75) is 57.7 Å². The van der Waals surface area contributed by atoms with Crippen molar-refractivity contribution in [1.82, 2.24) is 4.90 Å². The number of fused-ring (bicyclic) bond motifs is 2. The van der Waals surface area contributed by atoms with Gasteiger partial charge in [0.05, 0.1) is 18.6 Å². The van der Waals surface area contributed by atoms with Gasteiger partial charge in [-0.25, -0.2) is 0 Å². The number of hydrogen-bond acceptors (Lipinski definition) is 4. The predicted molar refractivity (Wildman–Crippen MR) is 64.6 cm³/mol. The van der Waals surface area contributed by atoms with E-state index in [0.29, 0.717) is 18.7 Å². The Morgan fingerprint density at radius 3 is 2.53 bits per heavy atom. The Morgan fingerprint density at radius 1 is 1.41 bits per heavy atom. The maximum atomic E-state index is 11.6. The normalized spacial score (nSPS) is 34.6. The highest BCUT2D eigenvalue weighted by Crippen LogP contribution is 2.36. The maximum absolute atomic E-state index is 11.6. The second-order valence-corrected chi connectivity index (χ2v) is 5.36. The molecule has 0 aromatic carbocycles. The number of piperidine rings is 1. The Labute approximate surface area is 103 Å². The molecule has 2 aliphatic heterocycles. The summed E-state index contributed by atoms with van der Waals surface area (Å²) < 4.78 is 5.04. The van der Waals surface area contributed by atoms with Crippen LogP contribution in [0.5, 0.6) is 0 Å². The molecular weight excluding hydrogens is 218 g/mol. The monoisotopic (exact) mass is 241 g/mol. The fourth-order valence-electron chi connectivity index (χ4n) is 3.22. The molecule has 0 aromatic rings. The van der Waals surface area contributed by atoms with Crippen molar-refractivity contribution in [3.05, 3.63) is 0 Å². The molecule has 2 aliphatic rings. The third-order valence-electron chi connectivity index (χ3n) is 4.03. The topological polar surface area (TPSA) is 49.8 Å². The molecule has 0 radical (unpaired) electrons. The van der Waals surface area contributed by atoms with Gasteiger partial charge < -0.3 is 9.84 Å². The van der Waals surface area contributed by atoms with E-state index >= 15 is 0 Å². The van der Waals surface area contributed by atoms with Gasteiger partial charge in [-0.2, -0.15) is 0 Å². The Balaban J connectivity index is 1.89. The van der Waals surface area contributed by atoms with Gasteiger partial charge in [0.25, 0.3) is 0 Å². The van der Waals surface area contributed by atoms with Crippen molar-refractivity contribution in [3.8, 4) is 0 Å². The highest BCUT2D eigenvalue weighted by atomic mass is 16.5. The number of carbonyl (C=O) groups excluding carboxylic acids is 1. The lowest BCUT2D eigenvalue weighted by atomic mass is 9.98. The fourth-order valence-corrected chi connectivity index (χ4v) is 3.22. The van der Waals surface area contributed by atoms with Crippen molar-refractivity contribution in [2.75, 3.05) is 13.2 Å². The smallest absolute Gasteiger partial charge is 0.309 e. The van der Waals surface area contributed by atoms with Crippen LogP contribution in [0.1, 0.15) is 39.5 Å². The van der Waals surface area contributed by atoms with Crippen LogP contribution in [0.25, 0.3) is 0 Å². The average Bonchev–Trinajstić information content (AvgIpc) is 2.52. The average molecular weight is 241 g/mol. The van der Waals surface area contributed by atoms with Crippen LogP contribution in [0.2, 0.25) is 0 Å². The molecule has 0 aromatic heterocycles. The van der Waals surface area contributed by atoms with Gasteiger partial charge in [0.2, 0.25) is 0 Å². The van der Waals surface area contributed by atoms with Gasteiger partial charge in [0.1, 0.15) is 0 Å². The molecule has 4 heteroatoms. The number of nitrogens with zero attached hydrogens (tertiary/aromatic N) is 1. The number of ether oxygens (including phenoxy) is 1. The Bertz CT molecular complexity index is 268. The lowest BCUT2D eigenvalue weighted by molar-refractivity contribution is -0.148. The van der Waals surface area contributed by atoms with Gasteiger partial charge in [0.15, 0.2) is 0 Å². The molecule has 0 spiro atoms. The van der Waals surface area contributed by atoms with Crippen molar-refractivity contribution in [2.24, 2.45) is 5.92 Å². The number of carbonyl (C=O) groups is 1. The van der Waals surface area contributed by atoms with Crippen LogP contribution < -0.4 is 0 Å². The molecule has 98 valence electrons. The third-order valence-corrected chi connectivity index (χ3v) is 4.03. The summed E-state index contributed by atoms with van der Waals surface area (Å²) >= 11 is 0. The van der Waals surface area contributed by atoms with Crippen LogP contribution in [-0.2, 0) is 9.53 Å². The molecule has 2 heterocycles. The zero-order chi connectivity index (χ0) is 12.4. The van der Waals surface area contributed by atoms with Crippen LogP contribution in [0, 0.1) is 5.92 Å². The first kappa shape index (κ1) is 12.8. The van der Waals surface area contributed by atoms with E-state index in [9.17, 15) is 9.90 Å². The molecule has 2 rings (SSSR count). The number of aliphatic hydroxyl groups is 1. The summed E-state index contributed by atoms with van der Waals surface area (Å²) in [5, 5.41) is 9.72. The summed E-state index contributed by atoms with van der Waals surface area (Å²) in [7, 11) is 0. The minimum atomic E-state index is -0.137. The molecule has 2 saturated heterocycles. The lowest BCUT2D eigenvalue weighted by Gasteiger charge is -2.38. The van der Waals surface area contributed by atoms with Crippen LogP contribution in [0.15, 0.2) is 0 Å². The van der Waals surface area contributed by atoms with Crippen LogP contribution in [0.4, 0.5) is 0 Å². The molecule has 0 amide bonds. The Morgan fingerprint density at radius 2 is 2.00 bits per heavy atom. The molecule has 2 fully saturated rings.